The fraction of sp³-hybridized carbons (Fsp3) is 0.917. The molecule has 1 aliphatic rings. The number of hydrogen-bond acceptors (Lipinski definition) is 3. The molecule has 3 nitrogen and oxygen atoms in total. The summed E-state index contributed by atoms with van der Waals surface area (Å²) in [6.45, 7) is 6.36. The van der Waals surface area contributed by atoms with Gasteiger partial charge >= 0.3 is 0 Å². The Bertz CT molecular complexity index is 200. The lowest BCUT2D eigenvalue weighted by atomic mass is 10.0. The zero-order valence-electron chi connectivity index (χ0n) is 10.2. The Morgan fingerprint density at radius 2 is 2.07 bits per heavy atom. The van der Waals surface area contributed by atoms with Crippen LogP contribution in [0.4, 0.5) is 0 Å². The van der Waals surface area contributed by atoms with Gasteiger partial charge in [-0.2, -0.15) is 0 Å². The van der Waals surface area contributed by atoms with E-state index >= 15 is 0 Å². The van der Waals surface area contributed by atoms with Gasteiger partial charge in [-0.25, -0.2) is 0 Å². The first-order valence-corrected chi connectivity index (χ1v) is 5.95. The van der Waals surface area contributed by atoms with Crippen LogP contribution in [-0.4, -0.2) is 43.5 Å². The molecule has 1 aliphatic heterocycles. The van der Waals surface area contributed by atoms with Crippen molar-refractivity contribution < 1.29 is 9.53 Å². The summed E-state index contributed by atoms with van der Waals surface area (Å²) >= 11 is 0. The fourth-order valence-corrected chi connectivity index (χ4v) is 1.88. The molecule has 1 unspecified atom stereocenters. The molecule has 88 valence electrons. The SMILES string of the molecule is CCC(C)C(=O)CN(C)C1CCOCC1. The molecule has 0 aromatic rings. The number of nitrogens with zero attached hydrogens (tertiary/aromatic N) is 1. The van der Waals surface area contributed by atoms with Gasteiger partial charge in [0.2, 0.25) is 0 Å². The van der Waals surface area contributed by atoms with E-state index in [1.807, 2.05) is 6.92 Å². The average Bonchev–Trinajstić information content (AvgIpc) is 2.29. The first-order valence-electron chi connectivity index (χ1n) is 5.95. The first-order chi connectivity index (χ1) is 7.15. The minimum atomic E-state index is 0.201. The second kappa shape index (κ2) is 6.23. The molecule has 1 rings (SSSR count). The summed E-state index contributed by atoms with van der Waals surface area (Å²) in [5, 5.41) is 0. The van der Waals surface area contributed by atoms with E-state index in [4.69, 9.17) is 4.74 Å². The Labute approximate surface area is 92.8 Å². The molecular weight excluding hydrogens is 190 g/mol. The predicted molar refractivity (Wildman–Crippen MR) is 60.9 cm³/mol. The number of rotatable bonds is 5. The molecule has 1 saturated heterocycles. The number of hydrogen-bond donors (Lipinski definition) is 0. The third-order valence-electron chi connectivity index (χ3n) is 3.38. The Morgan fingerprint density at radius 3 is 2.60 bits per heavy atom. The van der Waals surface area contributed by atoms with Gasteiger partial charge in [0.25, 0.3) is 0 Å². The van der Waals surface area contributed by atoms with Crippen molar-refractivity contribution in [1.29, 1.82) is 0 Å². The van der Waals surface area contributed by atoms with Gasteiger partial charge in [-0.1, -0.05) is 13.8 Å². The lowest BCUT2D eigenvalue weighted by Gasteiger charge is -2.31. The summed E-state index contributed by atoms with van der Waals surface area (Å²) in [5.74, 6) is 0.568. The molecule has 0 radical (unpaired) electrons. The van der Waals surface area contributed by atoms with Crippen LogP contribution in [0.2, 0.25) is 0 Å². The van der Waals surface area contributed by atoms with Crippen molar-refractivity contribution in [2.45, 2.75) is 39.2 Å². The number of carbonyl (C=O) groups is 1. The first kappa shape index (κ1) is 12.7. The van der Waals surface area contributed by atoms with E-state index < -0.39 is 0 Å². The maximum atomic E-state index is 11.8. The Morgan fingerprint density at radius 1 is 1.47 bits per heavy atom. The molecule has 0 amide bonds. The van der Waals surface area contributed by atoms with Crippen molar-refractivity contribution >= 4 is 5.78 Å². The van der Waals surface area contributed by atoms with E-state index in [1.54, 1.807) is 0 Å². The average molecular weight is 213 g/mol. The van der Waals surface area contributed by atoms with E-state index in [-0.39, 0.29) is 5.92 Å². The van der Waals surface area contributed by atoms with E-state index in [9.17, 15) is 4.79 Å². The second-order valence-corrected chi connectivity index (χ2v) is 4.53. The standard InChI is InChI=1S/C12H23NO2/c1-4-10(2)12(14)9-13(3)11-5-7-15-8-6-11/h10-11H,4-9H2,1-3H3. The maximum absolute atomic E-state index is 11.8. The number of carbonyl (C=O) groups excluding carboxylic acids is 1. The molecule has 0 bridgehead atoms. The molecule has 0 aromatic carbocycles. The van der Waals surface area contributed by atoms with Crippen LogP contribution < -0.4 is 0 Å². The van der Waals surface area contributed by atoms with Crippen LogP contribution in [0.3, 0.4) is 0 Å². The van der Waals surface area contributed by atoms with Crippen LogP contribution in [0.5, 0.6) is 0 Å². The highest BCUT2D eigenvalue weighted by Gasteiger charge is 2.21. The van der Waals surface area contributed by atoms with Crippen LogP contribution in [0.1, 0.15) is 33.1 Å². The third-order valence-corrected chi connectivity index (χ3v) is 3.38. The van der Waals surface area contributed by atoms with E-state index in [0.717, 1.165) is 32.5 Å². The third kappa shape index (κ3) is 3.92. The van der Waals surface area contributed by atoms with Crippen LogP contribution in [0.25, 0.3) is 0 Å². The van der Waals surface area contributed by atoms with Crippen molar-refractivity contribution in [3.05, 3.63) is 0 Å². The van der Waals surface area contributed by atoms with Crippen molar-refractivity contribution in [2.24, 2.45) is 5.92 Å². The predicted octanol–water partition coefficient (Wildman–Crippen LogP) is 1.71. The van der Waals surface area contributed by atoms with Gasteiger partial charge in [0.15, 0.2) is 0 Å². The summed E-state index contributed by atoms with van der Waals surface area (Å²) in [7, 11) is 2.05. The van der Waals surface area contributed by atoms with Crippen LogP contribution in [0.15, 0.2) is 0 Å². The fourth-order valence-electron chi connectivity index (χ4n) is 1.88. The number of Topliss-reactive ketones (excluding diaryl/α,β-unsaturated/α-hetero) is 1. The van der Waals surface area contributed by atoms with Crippen LogP contribution in [-0.2, 0) is 9.53 Å². The monoisotopic (exact) mass is 213 g/mol. The topological polar surface area (TPSA) is 29.5 Å². The molecular formula is C12H23NO2. The van der Waals surface area contributed by atoms with Gasteiger partial charge in [-0.05, 0) is 26.3 Å². The molecule has 1 atom stereocenters. The van der Waals surface area contributed by atoms with Gasteiger partial charge in [-0.15, -0.1) is 0 Å². The highest BCUT2D eigenvalue weighted by atomic mass is 16.5. The molecule has 0 N–H and O–H groups in total. The summed E-state index contributed by atoms with van der Waals surface area (Å²) in [4.78, 5) is 13.9. The van der Waals surface area contributed by atoms with Gasteiger partial charge in [0.05, 0.1) is 6.54 Å². The lowest BCUT2D eigenvalue weighted by molar-refractivity contribution is -0.124. The van der Waals surface area contributed by atoms with Crippen molar-refractivity contribution in [2.75, 3.05) is 26.8 Å². The smallest absolute Gasteiger partial charge is 0.149 e. The summed E-state index contributed by atoms with van der Waals surface area (Å²) in [6, 6.07) is 0.534. The molecule has 15 heavy (non-hydrogen) atoms. The Balaban J connectivity index is 2.33. The molecule has 0 saturated carbocycles. The van der Waals surface area contributed by atoms with Crippen LogP contribution >= 0.6 is 0 Å². The van der Waals surface area contributed by atoms with Crippen LogP contribution in [0, 0.1) is 5.92 Å². The quantitative estimate of drug-likeness (QED) is 0.696. The minimum absolute atomic E-state index is 0.201. The number of likely N-dealkylation sites (N-methyl/N-ethyl adjacent to an activating group) is 1. The van der Waals surface area contributed by atoms with Gasteiger partial charge < -0.3 is 4.74 Å². The van der Waals surface area contributed by atoms with Gasteiger partial charge in [0.1, 0.15) is 5.78 Å². The Hall–Kier alpha value is -0.410. The van der Waals surface area contributed by atoms with E-state index in [1.165, 1.54) is 0 Å². The highest BCUT2D eigenvalue weighted by molar-refractivity contribution is 5.82. The minimum Gasteiger partial charge on any atom is -0.381 e. The largest absolute Gasteiger partial charge is 0.381 e. The summed E-state index contributed by atoms with van der Waals surface area (Å²) in [6.07, 6.45) is 3.06. The van der Waals surface area contributed by atoms with Crippen molar-refractivity contribution in [3.8, 4) is 0 Å². The molecule has 3 heteroatoms. The van der Waals surface area contributed by atoms with Crippen molar-refractivity contribution in [1.82, 2.24) is 4.90 Å². The summed E-state index contributed by atoms with van der Waals surface area (Å²) < 4.78 is 5.31. The van der Waals surface area contributed by atoms with E-state index in [0.29, 0.717) is 18.4 Å². The molecule has 1 fully saturated rings. The van der Waals surface area contributed by atoms with E-state index in [2.05, 4.69) is 18.9 Å². The Kier molecular flexibility index (Phi) is 5.26. The van der Waals surface area contributed by atoms with Crippen molar-refractivity contribution in [3.63, 3.8) is 0 Å². The van der Waals surface area contributed by atoms with Gasteiger partial charge in [-0.3, -0.25) is 9.69 Å². The number of ketones is 1. The summed E-state index contributed by atoms with van der Waals surface area (Å²) in [5.41, 5.74) is 0. The maximum Gasteiger partial charge on any atom is 0.149 e. The molecule has 1 heterocycles. The zero-order valence-corrected chi connectivity index (χ0v) is 10.2. The zero-order chi connectivity index (χ0) is 11.3. The molecule has 0 aliphatic carbocycles. The molecule has 0 aromatic heterocycles. The normalized spacial score (nSPS) is 20.5. The van der Waals surface area contributed by atoms with Gasteiger partial charge in [0, 0.05) is 25.2 Å². The highest BCUT2D eigenvalue weighted by Crippen LogP contribution is 2.13. The lowest BCUT2D eigenvalue weighted by Crippen LogP contribution is -2.40. The number of ether oxygens (including phenoxy) is 1. The molecule has 0 spiro atoms. The second-order valence-electron chi connectivity index (χ2n) is 4.53.